The van der Waals surface area contributed by atoms with Crippen LogP contribution in [0.25, 0.3) is 11.1 Å². The van der Waals surface area contributed by atoms with Gasteiger partial charge in [-0.3, -0.25) is 16.1 Å². The molecule has 1 atom stereocenters. The number of rotatable bonds is 7. The van der Waals surface area contributed by atoms with Gasteiger partial charge in [-0.05, 0) is 55.3 Å². The number of allylic oxidation sites excluding steroid dienone is 4. The van der Waals surface area contributed by atoms with Crippen LogP contribution in [0.3, 0.4) is 0 Å². The topological polar surface area (TPSA) is 134 Å². The monoisotopic (exact) mass is 512 g/mol. The van der Waals surface area contributed by atoms with E-state index in [2.05, 4.69) is 10.3 Å². The number of hydrogen-bond acceptors (Lipinski definition) is 7. The minimum absolute atomic E-state index is 0.246. The van der Waals surface area contributed by atoms with Crippen molar-refractivity contribution in [2.24, 2.45) is 11.5 Å². The van der Waals surface area contributed by atoms with Crippen LogP contribution < -0.4 is 21.5 Å². The summed E-state index contributed by atoms with van der Waals surface area (Å²) in [6, 6.07) is 9.15. The Morgan fingerprint density at radius 2 is 1.47 bits per heavy atom. The van der Waals surface area contributed by atoms with Crippen molar-refractivity contribution in [2.45, 2.75) is 31.4 Å². The molecule has 1 aliphatic heterocycles. The van der Waals surface area contributed by atoms with Gasteiger partial charge in [0, 0.05) is 5.56 Å². The zero-order valence-corrected chi connectivity index (χ0v) is 18.6. The lowest BCUT2D eigenvalue weighted by Crippen LogP contribution is -2.27. The zero-order valence-electron chi connectivity index (χ0n) is 18.6. The molecule has 1 aromatic carbocycles. The maximum absolute atomic E-state index is 12.9. The molecule has 2 heterocycles. The minimum atomic E-state index is -4.90. The molecule has 3 rings (SSSR count). The van der Waals surface area contributed by atoms with Crippen molar-refractivity contribution in [3.8, 4) is 16.9 Å². The first-order valence-corrected chi connectivity index (χ1v) is 10.5. The second kappa shape index (κ2) is 10.4. The summed E-state index contributed by atoms with van der Waals surface area (Å²) in [5.74, 6) is 0.383. The molecule has 13 heteroatoms. The maximum Gasteiger partial charge on any atom is 0.430 e. The summed E-state index contributed by atoms with van der Waals surface area (Å²) >= 11 is 0. The normalized spacial score (nSPS) is 17.2. The SMILES string of the molecule is N=C(/C=C(\N)C(F)(F)F)c1cc(-c2ccccc2OC2CCCN2)cc(C(=N)/C=C(\N)C(F)(F)F)n1. The van der Waals surface area contributed by atoms with E-state index in [1.165, 1.54) is 12.1 Å². The Kier molecular flexibility index (Phi) is 7.72. The highest BCUT2D eigenvalue weighted by molar-refractivity contribution is 6.10. The molecule has 7 nitrogen and oxygen atoms in total. The quantitative estimate of drug-likeness (QED) is 0.277. The summed E-state index contributed by atoms with van der Waals surface area (Å²) in [6.45, 7) is 0.755. The summed E-state index contributed by atoms with van der Waals surface area (Å²) in [5.41, 5.74) is 5.35. The molecule has 7 N–H and O–H groups in total. The van der Waals surface area contributed by atoms with Gasteiger partial charge in [0.2, 0.25) is 0 Å². The first-order valence-electron chi connectivity index (χ1n) is 10.5. The van der Waals surface area contributed by atoms with E-state index in [0.29, 0.717) is 23.5 Å². The lowest BCUT2D eigenvalue weighted by atomic mass is 10.0. The van der Waals surface area contributed by atoms with Gasteiger partial charge in [-0.25, -0.2) is 4.98 Å². The van der Waals surface area contributed by atoms with Crippen LogP contribution in [0.15, 0.2) is 59.9 Å². The molecule has 0 radical (unpaired) electrons. The van der Waals surface area contributed by atoms with E-state index in [0.717, 1.165) is 19.4 Å². The molecule has 2 aromatic rings. The van der Waals surface area contributed by atoms with Crippen molar-refractivity contribution in [1.82, 2.24) is 10.3 Å². The van der Waals surface area contributed by atoms with Gasteiger partial charge in [0.25, 0.3) is 0 Å². The van der Waals surface area contributed by atoms with Crippen molar-refractivity contribution >= 4 is 11.4 Å². The van der Waals surface area contributed by atoms with Crippen molar-refractivity contribution in [3.63, 3.8) is 0 Å². The summed E-state index contributed by atoms with van der Waals surface area (Å²) < 4.78 is 83.3. The smallest absolute Gasteiger partial charge is 0.430 e. The van der Waals surface area contributed by atoms with Gasteiger partial charge in [0.15, 0.2) is 0 Å². The number of ether oxygens (including phenoxy) is 1. The highest BCUT2D eigenvalue weighted by Gasteiger charge is 2.33. The molecular weight excluding hydrogens is 490 g/mol. The van der Waals surface area contributed by atoms with Gasteiger partial charge in [-0.15, -0.1) is 0 Å². The molecule has 1 unspecified atom stereocenters. The van der Waals surface area contributed by atoms with Gasteiger partial charge in [-0.1, -0.05) is 18.2 Å². The van der Waals surface area contributed by atoms with Gasteiger partial charge in [-0.2, -0.15) is 26.3 Å². The largest absolute Gasteiger partial charge is 0.475 e. The van der Waals surface area contributed by atoms with Crippen LogP contribution in [0.4, 0.5) is 26.3 Å². The first-order chi connectivity index (χ1) is 16.8. The van der Waals surface area contributed by atoms with Crippen LogP contribution in [-0.2, 0) is 0 Å². The second-order valence-electron chi connectivity index (χ2n) is 7.85. The van der Waals surface area contributed by atoms with E-state index < -0.39 is 35.2 Å². The third kappa shape index (κ3) is 6.62. The molecule has 0 amide bonds. The van der Waals surface area contributed by atoms with Crippen LogP contribution in [0, 0.1) is 10.8 Å². The lowest BCUT2D eigenvalue weighted by molar-refractivity contribution is -0.0933. The Hall–Kier alpha value is -3.87. The molecule has 1 aromatic heterocycles. The predicted octanol–water partition coefficient (Wildman–Crippen LogP) is 4.38. The van der Waals surface area contributed by atoms with Crippen LogP contribution in [0.1, 0.15) is 24.2 Å². The number of nitrogens with two attached hydrogens (primary N) is 2. The molecule has 36 heavy (non-hydrogen) atoms. The van der Waals surface area contributed by atoms with E-state index in [4.69, 9.17) is 27.0 Å². The Morgan fingerprint density at radius 3 is 1.94 bits per heavy atom. The summed E-state index contributed by atoms with van der Waals surface area (Å²) in [4.78, 5) is 3.92. The molecule has 1 aliphatic rings. The van der Waals surface area contributed by atoms with Gasteiger partial charge < -0.3 is 16.2 Å². The number of alkyl halides is 6. The molecular formula is C23H22F6N6O. The molecule has 0 spiro atoms. The standard InChI is InChI=1S/C23H22F6N6O/c24-22(25,26)19(32)10-14(30)16-8-12(9-17(35-16)15(31)11-20(33)23(27,28)29)13-4-1-2-5-18(13)36-21-6-3-7-34-21/h1-2,4-5,8-11,21,30-31,34H,3,6-7,32-33H2/b19-10-,20-11-,30-14?,31-15?. The summed E-state index contributed by atoms with van der Waals surface area (Å²) in [5, 5.41) is 19.3. The number of benzene rings is 1. The van der Waals surface area contributed by atoms with E-state index in [9.17, 15) is 26.3 Å². The molecule has 0 saturated carbocycles. The highest BCUT2D eigenvalue weighted by Crippen LogP contribution is 2.33. The molecule has 0 aliphatic carbocycles. The Bertz CT molecular complexity index is 1150. The number of nitrogens with zero attached hydrogens (tertiary/aromatic N) is 1. The Morgan fingerprint density at radius 1 is 0.944 bits per heavy atom. The van der Waals surface area contributed by atoms with Crippen molar-refractivity contribution in [2.75, 3.05) is 6.54 Å². The summed E-state index contributed by atoms with van der Waals surface area (Å²) in [6.07, 6.45) is -7.79. The van der Waals surface area contributed by atoms with Crippen molar-refractivity contribution in [3.05, 3.63) is 71.3 Å². The average Bonchev–Trinajstić information content (AvgIpc) is 3.30. The zero-order chi connectivity index (χ0) is 26.7. The van der Waals surface area contributed by atoms with Crippen LogP contribution >= 0.6 is 0 Å². The fourth-order valence-electron chi connectivity index (χ4n) is 3.30. The van der Waals surface area contributed by atoms with Gasteiger partial charge >= 0.3 is 12.4 Å². The maximum atomic E-state index is 12.9. The number of pyridine rings is 1. The van der Waals surface area contributed by atoms with Crippen LogP contribution in [-0.4, -0.2) is 41.5 Å². The summed E-state index contributed by atoms with van der Waals surface area (Å²) in [7, 11) is 0. The first kappa shape index (κ1) is 26.7. The Balaban J connectivity index is 2.12. The fourth-order valence-corrected chi connectivity index (χ4v) is 3.30. The van der Waals surface area contributed by atoms with Gasteiger partial charge in [0.05, 0.1) is 22.8 Å². The van der Waals surface area contributed by atoms with E-state index in [1.807, 2.05) is 0 Å². The molecule has 1 fully saturated rings. The van der Waals surface area contributed by atoms with Crippen molar-refractivity contribution in [1.29, 1.82) is 10.8 Å². The van der Waals surface area contributed by atoms with E-state index >= 15 is 0 Å². The highest BCUT2D eigenvalue weighted by atomic mass is 19.4. The van der Waals surface area contributed by atoms with Crippen LogP contribution in [0.2, 0.25) is 0 Å². The predicted molar refractivity (Wildman–Crippen MR) is 122 cm³/mol. The molecule has 1 saturated heterocycles. The van der Waals surface area contributed by atoms with E-state index in [-0.39, 0.29) is 23.2 Å². The third-order valence-corrected chi connectivity index (χ3v) is 5.11. The fraction of sp³-hybridized carbons (Fsp3) is 0.261. The van der Waals surface area contributed by atoms with Crippen molar-refractivity contribution < 1.29 is 31.1 Å². The lowest BCUT2D eigenvalue weighted by Gasteiger charge is -2.18. The van der Waals surface area contributed by atoms with E-state index in [1.54, 1.807) is 24.3 Å². The number of halogens is 6. The van der Waals surface area contributed by atoms with Crippen LogP contribution in [0.5, 0.6) is 5.75 Å². The molecule has 192 valence electrons. The number of hydrogen-bond donors (Lipinski definition) is 5. The number of para-hydroxylation sites is 1. The second-order valence-corrected chi connectivity index (χ2v) is 7.85. The number of nitrogens with one attached hydrogen (secondary N) is 3. The minimum Gasteiger partial charge on any atom is -0.475 e. The Labute approximate surface area is 201 Å². The number of aromatic nitrogens is 1. The average molecular weight is 512 g/mol. The third-order valence-electron chi connectivity index (χ3n) is 5.11. The van der Waals surface area contributed by atoms with Gasteiger partial charge in [0.1, 0.15) is 23.4 Å². The molecule has 0 bridgehead atoms.